The highest BCUT2D eigenvalue weighted by Crippen LogP contribution is 2.29. The maximum absolute atomic E-state index is 12.6. The zero-order valence-electron chi connectivity index (χ0n) is 14.9. The first kappa shape index (κ1) is 22.1. The minimum Gasteiger partial charge on any atom is -0.444 e. The van der Waals surface area contributed by atoms with Crippen LogP contribution in [0.15, 0.2) is 24.3 Å². The van der Waals surface area contributed by atoms with Gasteiger partial charge in [-0.1, -0.05) is 12.1 Å². The quantitative estimate of drug-likeness (QED) is 0.696. The minimum absolute atomic E-state index is 0.0273. The molecule has 9 heteroatoms. The Labute approximate surface area is 155 Å². The molecule has 5 nitrogen and oxygen atoms in total. The SMILES string of the molecule is CC(C)(C)OC(=O)NCCSCC(=O)NCc1cccc(C(F)(F)F)c1. The van der Waals surface area contributed by atoms with E-state index in [0.717, 1.165) is 12.1 Å². The lowest BCUT2D eigenvalue weighted by molar-refractivity contribution is -0.137. The zero-order valence-corrected chi connectivity index (χ0v) is 15.7. The summed E-state index contributed by atoms with van der Waals surface area (Å²) in [7, 11) is 0. The average Bonchev–Trinajstić information content (AvgIpc) is 2.50. The lowest BCUT2D eigenvalue weighted by atomic mass is 10.1. The van der Waals surface area contributed by atoms with Crippen LogP contribution >= 0.6 is 11.8 Å². The Bertz CT molecular complexity index is 616. The lowest BCUT2D eigenvalue weighted by Gasteiger charge is -2.19. The van der Waals surface area contributed by atoms with Gasteiger partial charge in [0, 0.05) is 18.8 Å². The molecule has 0 heterocycles. The largest absolute Gasteiger partial charge is 0.444 e. The summed E-state index contributed by atoms with van der Waals surface area (Å²) in [4.78, 5) is 23.1. The van der Waals surface area contributed by atoms with Gasteiger partial charge >= 0.3 is 12.3 Å². The number of amides is 2. The van der Waals surface area contributed by atoms with Crippen LogP contribution < -0.4 is 10.6 Å². The molecule has 1 aromatic rings. The molecule has 0 aromatic heterocycles. The van der Waals surface area contributed by atoms with Gasteiger partial charge in [-0.15, -0.1) is 0 Å². The number of hydrogen-bond acceptors (Lipinski definition) is 4. The molecule has 2 amide bonds. The summed E-state index contributed by atoms with van der Waals surface area (Å²) in [5, 5.41) is 5.14. The van der Waals surface area contributed by atoms with Crippen LogP contribution in [0.4, 0.5) is 18.0 Å². The van der Waals surface area contributed by atoms with Gasteiger partial charge in [0.15, 0.2) is 0 Å². The Balaban J connectivity index is 2.23. The van der Waals surface area contributed by atoms with Crippen molar-refractivity contribution >= 4 is 23.8 Å². The van der Waals surface area contributed by atoms with Crippen molar-refractivity contribution in [3.8, 4) is 0 Å². The summed E-state index contributed by atoms with van der Waals surface area (Å²) in [6.07, 6.45) is -4.93. The third-order valence-electron chi connectivity index (χ3n) is 2.89. The topological polar surface area (TPSA) is 67.4 Å². The van der Waals surface area contributed by atoms with Crippen molar-refractivity contribution in [1.29, 1.82) is 0 Å². The molecule has 0 bridgehead atoms. The van der Waals surface area contributed by atoms with Crippen molar-refractivity contribution in [1.82, 2.24) is 10.6 Å². The van der Waals surface area contributed by atoms with Crippen LogP contribution in [0.1, 0.15) is 31.9 Å². The molecule has 0 saturated carbocycles. The van der Waals surface area contributed by atoms with E-state index in [2.05, 4.69) is 10.6 Å². The summed E-state index contributed by atoms with van der Waals surface area (Å²) in [6, 6.07) is 4.83. The highest BCUT2D eigenvalue weighted by atomic mass is 32.2. The number of halogens is 3. The summed E-state index contributed by atoms with van der Waals surface area (Å²) in [5.74, 6) is 0.371. The zero-order chi connectivity index (χ0) is 19.8. The first-order chi connectivity index (χ1) is 12.0. The smallest absolute Gasteiger partial charge is 0.416 e. The van der Waals surface area contributed by atoms with E-state index in [1.807, 2.05) is 0 Å². The Morgan fingerprint density at radius 2 is 1.85 bits per heavy atom. The molecule has 0 radical (unpaired) electrons. The molecule has 0 aliphatic heterocycles. The van der Waals surface area contributed by atoms with E-state index in [1.165, 1.54) is 23.9 Å². The van der Waals surface area contributed by atoms with Gasteiger partial charge in [0.2, 0.25) is 5.91 Å². The van der Waals surface area contributed by atoms with Crippen LogP contribution in [0.25, 0.3) is 0 Å². The van der Waals surface area contributed by atoms with Gasteiger partial charge < -0.3 is 15.4 Å². The average molecular weight is 392 g/mol. The second kappa shape index (κ2) is 9.70. The van der Waals surface area contributed by atoms with Crippen molar-refractivity contribution in [2.75, 3.05) is 18.1 Å². The molecule has 0 fully saturated rings. The van der Waals surface area contributed by atoms with Crippen molar-refractivity contribution in [2.24, 2.45) is 0 Å². The van der Waals surface area contributed by atoms with E-state index in [9.17, 15) is 22.8 Å². The van der Waals surface area contributed by atoms with Gasteiger partial charge in [0.05, 0.1) is 11.3 Å². The molecule has 0 aliphatic carbocycles. The summed E-state index contributed by atoms with van der Waals surface area (Å²) in [6.45, 7) is 5.65. The second-order valence-electron chi connectivity index (χ2n) is 6.46. The first-order valence-corrected chi connectivity index (χ1v) is 9.10. The molecule has 0 aliphatic rings. The van der Waals surface area contributed by atoms with Crippen LogP contribution in [-0.2, 0) is 22.3 Å². The number of ether oxygens (including phenoxy) is 1. The summed E-state index contributed by atoms with van der Waals surface area (Å²) < 4.78 is 42.9. The fraction of sp³-hybridized carbons (Fsp3) is 0.529. The van der Waals surface area contributed by atoms with Gasteiger partial charge in [0.1, 0.15) is 5.60 Å². The second-order valence-corrected chi connectivity index (χ2v) is 7.56. The molecule has 1 aromatic carbocycles. The maximum atomic E-state index is 12.6. The number of thioether (sulfide) groups is 1. The summed E-state index contributed by atoms with van der Waals surface area (Å²) in [5.41, 5.74) is -0.933. The number of nitrogens with one attached hydrogen (secondary N) is 2. The van der Waals surface area contributed by atoms with E-state index in [0.29, 0.717) is 17.9 Å². The van der Waals surface area contributed by atoms with Gasteiger partial charge in [0.25, 0.3) is 0 Å². The molecule has 0 spiro atoms. The van der Waals surface area contributed by atoms with E-state index in [4.69, 9.17) is 4.74 Å². The van der Waals surface area contributed by atoms with Crippen LogP contribution in [-0.4, -0.2) is 35.7 Å². The maximum Gasteiger partial charge on any atom is 0.416 e. The number of carbonyl (C=O) groups is 2. The van der Waals surface area contributed by atoms with Crippen LogP contribution in [0, 0.1) is 0 Å². The molecule has 146 valence electrons. The van der Waals surface area contributed by atoms with Crippen LogP contribution in [0.3, 0.4) is 0 Å². The Morgan fingerprint density at radius 3 is 2.46 bits per heavy atom. The minimum atomic E-state index is -4.41. The Kier molecular flexibility index (Phi) is 8.26. The molecular weight excluding hydrogens is 369 g/mol. The van der Waals surface area contributed by atoms with Crippen molar-refractivity contribution < 1.29 is 27.5 Å². The number of benzene rings is 1. The third kappa shape index (κ3) is 9.55. The van der Waals surface area contributed by atoms with Crippen molar-refractivity contribution in [3.05, 3.63) is 35.4 Å². The monoisotopic (exact) mass is 392 g/mol. The Morgan fingerprint density at radius 1 is 1.15 bits per heavy atom. The van der Waals surface area contributed by atoms with Crippen LogP contribution in [0.5, 0.6) is 0 Å². The predicted molar refractivity (Wildman–Crippen MR) is 94.9 cm³/mol. The highest BCUT2D eigenvalue weighted by molar-refractivity contribution is 7.99. The number of rotatable bonds is 7. The number of hydrogen-bond donors (Lipinski definition) is 2. The third-order valence-corrected chi connectivity index (χ3v) is 3.85. The lowest BCUT2D eigenvalue weighted by Crippen LogP contribution is -2.33. The van der Waals surface area contributed by atoms with E-state index >= 15 is 0 Å². The van der Waals surface area contributed by atoms with E-state index in [1.54, 1.807) is 20.8 Å². The molecule has 0 saturated heterocycles. The molecule has 0 atom stereocenters. The molecule has 0 unspecified atom stereocenters. The predicted octanol–water partition coefficient (Wildman–Crippen LogP) is 3.58. The number of carbonyl (C=O) groups excluding carboxylic acids is 2. The number of alkyl carbamates (subject to hydrolysis) is 1. The fourth-order valence-corrected chi connectivity index (χ4v) is 2.49. The van der Waals surface area contributed by atoms with Gasteiger partial charge in [-0.3, -0.25) is 4.79 Å². The molecule has 1 rings (SSSR count). The first-order valence-electron chi connectivity index (χ1n) is 7.95. The molecular formula is C17H23F3N2O3S. The van der Waals surface area contributed by atoms with Crippen molar-refractivity contribution in [2.45, 2.75) is 39.1 Å². The van der Waals surface area contributed by atoms with Gasteiger partial charge in [-0.05, 0) is 38.5 Å². The van der Waals surface area contributed by atoms with E-state index < -0.39 is 23.4 Å². The summed E-state index contributed by atoms with van der Waals surface area (Å²) >= 11 is 1.30. The standard InChI is InChI=1S/C17H23F3N2O3S/c1-16(2,3)25-15(24)21-7-8-26-11-14(23)22-10-12-5-4-6-13(9-12)17(18,19)20/h4-6,9H,7-8,10-11H2,1-3H3,(H,21,24)(H,22,23). The fourth-order valence-electron chi connectivity index (χ4n) is 1.81. The van der Waals surface area contributed by atoms with Crippen molar-refractivity contribution in [3.63, 3.8) is 0 Å². The molecule has 26 heavy (non-hydrogen) atoms. The highest BCUT2D eigenvalue weighted by Gasteiger charge is 2.30. The molecule has 2 N–H and O–H groups in total. The van der Waals surface area contributed by atoms with Gasteiger partial charge in [-0.25, -0.2) is 4.79 Å². The van der Waals surface area contributed by atoms with E-state index in [-0.39, 0.29) is 18.2 Å². The Hall–Kier alpha value is -1.90. The number of alkyl halides is 3. The normalized spacial score (nSPS) is 11.8. The van der Waals surface area contributed by atoms with Gasteiger partial charge in [-0.2, -0.15) is 24.9 Å². The van der Waals surface area contributed by atoms with Crippen LogP contribution in [0.2, 0.25) is 0 Å².